The number of carbonyl (C=O) groups excluding carboxylic acids is 2. The average Bonchev–Trinajstić information content (AvgIpc) is 3.23. The SMILES string of the molecule is CC1CCN(C(=O)COC(=O)c2ccc(Cl)c(S(=O)(=O)N3CCc4ccccc43)c2)CC1. The minimum absolute atomic E-state index is 0.0180. The number of esters is 1. The molecule has 2 aliphatic heterocycles. The number of benzene rings is 2. The Morgan fingerprint density at radius 1 is 1.09 bits per heavy atom. The van der Waals surface area contributed by atoms with Crippen molar-refractivity contribution in [1.82, 2.24) is 4.90 Å². The van der Waals surface area contributed by atoms with E-state index in [1.807, 2.05) is 12.1 Å². The van der Waals surface area contributed by atoms with E-state index in [0.717, 1.165) is 18.4 Å². The van der Waals surface area contributed by atoms with Gasteiger partial charge in [0.05, 0.1) is 16.3 Å². The first-order valence-electron chi connectivity index (χ1n) is 10.6. The van der Waals surface area contributed by atoms with Crippen molar-refractivity contribution in [3.63, 3.8) is 0 Å². The van der Waals surface area contributed by atoms with Crippen molar-refractivity contribution in [2.75, 3.05) is 30.5 Å². The van der Waals surface area contributed by atoms with Crippen molar-refractivity contribution >= 4 is 39.2 Å². The van der Waals surface area contributed by atoms with Crippen LogP contribution in [0.1, 0.15) is 35.7 Å². The lowest BCUT2D eigenvalue weighted by molar-refractivity contribution is -0.135. The Balaban J connectivity index is 1.49. The summed E-state index contributed by atoms with van der Waals surface area (Å²) in [6.45, 7) is 3.37. The maximum atomic E-state index is 13.3. The molecule has 9 heteroatoms. The van der Waals surface area contributed by atoms with E-state index < -0.39 is 16.0 Å². The Kier molecular flexibility index (Phi) is 6.44. The van der Waals surface area contributed by atoms with Gasteiger partial charge in [0.1, 0.15) is 4.90 Å². The molecule has 1 saturated heterocycles. The molecule has 0 atom stereocenters. The summed E-state index contributed by atoms with van der Waals surface area (Å²) in [5, 5.41) is 0.0180. The zero-order valence-corrected chi connectivity index (χ0v) is 19.4. The van der Waals surface area contributed by atoms with Crippen LogP contribution in [-0.4, -0.2) is 51.4 Å². The summed E-state index contributed by atoms with van der Waals surface area (Å²) in [4.78, 5) is 26.4. The van der Waals surface area contributed by atoms with Crippen molar-refractivity contribution in [3.05, 3.63) is 58.6 Å². The predicted octanol–water partition coefficient (Wildman–Crippen LogP) is 3.51. The fourth-order valence-corrected chi connectivity index (χ4v) is 6.07. The van der Waals surface area contributed by atoms with Gasteiger partial charge in [0.15, 0.2) is 6.61 Å². The molecule has 7 nitrogen and oxygen atoms in total. The maximum Gasteiger partial charge on any atom is 0.338 e. The first kappa shape index (κ1) is 22.6. The number of fused-ring (bicyclic) bond motifs is 1. The average molecular weight is 477 g/mol. The zero-order valence-electron chi connectivity index (χ0n) is 17.8. The molecule has 0 bridgehead atoms. The van der Waals surface area contributed by atoms with Crippen LogP contribution in [0.5, 0.6) is 0 Å². The van der Waals surface area contributed by atoms with Gasteiger partial charge in [-0.15, -0.1) is 0 Å². The molecule has 0 saturated carbocycles. The predicted molar refractivity (Wildman–Crippen MR) is 121 cm³/mol. The second kappa shape index (κ2) is 9.11. The van der Waals surface area contributed by atoms with Gasteiger partial charge in [0, 0.05) is 19.6 Å². The Bertz CT molecular complexity index is 1140. The number of nitrogens with zero attached hydrogens (tertiary/aromatic N) is 2. The highest BCUT2D eigenvalue weighted by molar-refractivity contribution is 7.93. The van der Waals surface area contributed by atoms with Gasteiger partial charge in [-0.2, -0.15) is 0 Å². The largest absolute Gasteiger partial charge is 0.452 e. The number of amides is 1. The molecule has 2 aromatic rings. The number of sulfonamides is 1. The summed E-state index contributed by atoms with van der Waals surface area (Å²) in [6.07, 6.45) is 2.46. The highest BCUT2D eigenvalue weighted by Crippen LogP contribution is 2.35. The van der Waals surface area contributed by atoms with Crippen molar-refractivity contribution in [1.29, 1.82) is 0 Å². The van der Waals surface area contributed by atoms with Gasteiger partial charge >= 0.3 is 5.97 Å². The number of anilines is 1. The van der Waals surface area contributed by atoms with E-state index in [2.05, 4.69) is 6.92 Å². The fraction of sp³-hybridized carbons (Fsp3) is 0.391. The molecular weight excluding hydrogens is 452 g/mol. The monoisotopic (exact) mass is 476 g/mol. The second-order valence-corrected chi connectivity index (χ2v) is 10.5. The number of ether oxygens (including phenoxy) is 1. The molecule has 32 heavy (non-hydrogen) atoms. The summed E-state index contributed by atoms with van der Waals surface area (Å²) in [5.74, 6) is -0.432. The molecule has 1 fully saturated rings. The van der Waals surface area contributed by atoms with Crippen molar-refractivity contribution in [2.45, 2.75) is 31.1 Å². The Hall–Kier alpha value is -2.58. The minimum atomic E-state index is -3.97. The number of rotatable bonds is 5. The minimum Gasteiger partial charge on any atom is -0.452 e. The van der Waals surface area contributed by atoms with Gasteiger partial charge in [-0.25, -0.2) is 13.2 Å². The maximum absolute atomic E-state index is 13.3. The number of carbonyl (C=O) groups is 2. The third kappa shape index (κ3) is 4.47. The summed E-state index contributed by atoms with van der Waals surface area (Å²) < 4.78 is 33.1. The van der Waals surface area contributed by atoms with Crippen LogP contribution >= 0.6 is 11.6 Å². The molecule has 0 unspecified atom stereocenters. The van der Waals surface area contributed by atoms with E-state index in [1.165, 1.54) is 22.5 Å². The molecule has 0 spiro atoms. The molecule has 0 radical (unpaired) electrons. The molecular formula is C23H25ClN2O5S. The summed E-state index contributed by atoms with van der Waals surface area (Å²) in [5.41, 5.74) is 1.58. The second-order valence-electron chi connectivity index (χ2n) is 8.24. The van der Waals surface area contributed by atoms with E-state index in [0.29, 0.717) is 37.7 Å². The van der Waals surface area contributed by atoms with Crippen molar-refractivity contribution in [3.8, 4) is 0 Å². The quantitative estimate of drug-likeness (QED) is 0.616. The highest BCUT2D eigenvalue weighted by atomic mass is 35.5. The van der Waals surface area contributed by atoms with Crippen molar-refractivity contribution in [2.24, 2.45) is 5.92 Å². The molecule has 1 amide bonds. The lowest BCUT2D eigenvalue weighted by Crippen LogP contribution is -2.40. The molecule has 4 rings (SSSR count). The van der Waals surface area contributed by atoms with E-state index >= 15 is 0 Å². The number of hydrogen-bond donors (Lipinski definition) is 0. The summed E-state index contributed by atoms with van der Waals surface area (Å²) in [6, 6.07) is 11.3. The highest BCUT2D eigenvalue weighted by Gasteiger charge is 2.33. The van der Waals surface area contributed by atoms with Gasteiger partial charge in [0.2, 0.25) is 0 Å². The van der Waals surface area contributed by atoms with Gasteiger partial charge in [-0.1, -0.05) is 36.7 Å². The van der Waals surface area contributed by atoms with Crippen LogP contribution in [0.2, 0.25) is 5.02 Å². The first-order valence-corrected chi connectivity index (χ1v) is 12.4. The molecule has 0 aliphatic carbocycles. The van der Waals surface area contributed by atoms with E-state index in [4.69, 9.17) is 16.3 Å². The number of halogens is 1. The summed E-state index contributed by atoms with van der Waals surface area (Å²) in [7, 11) is -3.97. The van der Waals surface area contributed by atoms with Crippen LogP contribution in [0.25, 0.3) is 0 Å². The fourth-order valence-electron chi connectivity index (χ4n) is 4.06. The smallest absolute Gasteiger partial charge is 0.338 e. The van der Waals surface area contributed by atoms with Crippen LogP contribution in [-0.2, 0) is 26.0 Å². The first-order chi connectivity index (χ1) is 15.3. The number of para-hydroxylation sites is 1. The lowest BCUT2D eigenvalue weighted by atomic mass is 9.99. The molecule has 170 valence electrons. The van der Waals surface area contributed by atoms with Gasteiger partial charge in [0.25, 0.3) is 15.9 Å². The molecule has 0 aromatic heterocycles. The normalized spacial score (nSPS) is 16.7. The summed E-state index contributed by atoms with van der Waals surface area (Å²) >= 11 is 6.21. The van der Waals surface area contributed by atoms with Crippen molar-refractivity contribution < 1.29 is 22.7 Å². The van der Waals surface area contributed by atoms with Gasteiger partial charge < -0.3 is 9.64 Å². The molecule has 2 heterocycles. The molecule has 2 aromatic carbocycles. The van der Waals surface area contributed by atoms with E-state index in [-0.39, 0.29) is 28.0 Å². The third-order valence-electron chi connectivity index (χ3n) is 6.04. The van der Waals surface area contributed by atoms with Gasteiger partial charge in [-0.3, -0.25) is 9.10 Å². The zero-order chi connectivity index (χ0) is 22.9. The van der Waals surface area contributed by atoms with Crippen LogP contribution in [0.4, 0.5) is 5.69 Å². The Morgan fingerprint density at radius 3 is 2.56 bits per heavy atom. The van der Waals surface area contributed by atoms with Crippen LogP contribution in [0.15, 0.2) is 47.4 Å². The lowest BCUT2D eigenvalue weighted by Gasteiger charge is -2.30. The van der Waals surface area contributed by atoms with Crippen LogP contribution in [0, 0.1) is 5.92 Å². The standard InChI is InChI=1S/C23H25ClN2O5S/c1-16-8-11-25(12-9-16)22(27)15-31-23(28)18-6-7-19(24)21(14-18)32(29,30)26-13-10-17-4-2-3-5-20(17)26/h2-7,14,16H,8-13,15H2,1H3. The van der Waals surface area contributed by atoms with E-state index in [1.54, 1.807) is 17.0 Å². The van der Waals surface area contributed by atoms with Crippen LogP contribution < -0.4 is 4.31 Å². The topological polar surface area (TPSA) is 84.0 Å². The molecule has 2 aliphatic rings. The number of piperidine rings is 1. The number of hydrogen-bond acceptors (Lipinski definition) is 5. The Labute approximate surface area is 193 Å². The van der Waals surface area contributed by atoms with Gasteiger partial charge in [-0.05, 0) is 55.0 Å². The number of likely N-dealkylation sites (tertiary alicyclic amines) is 1. The third-order valence-corrected chi connectivity index (χ3v) is 8.34. The molecule has 0 N–H and O–H groups in total. The van der Waals surface area contributed by atoms with Crippen LogP contribution in [0.3, 0.4) is 0 Å². The Morgan fingerprint density at radius 2 is 1.81 bits per heavy atom. The van der Waals surface area contributed by atoms with E-state index in [9.17, 15) is 18.0 Å².